The number of amides is 1. The number of nitrogens with zero attached hydrogens (tertiary/aromatic N) is 6. The van der Waals surface area contributed by atoms with E-state index < -0.39 is 11.9 Å². The monoisotopic (exact) mass is 578 g/mol. The molecule has 1 amide bonds. The molecule has 7 aromatic rings. The first-order chi connectivity index (χ1) is 21.4. The van der Waals surface area contributed by atoms with Gasteiger partial charge in [0.15, 0.2) is 11.5 Å². The number of fused-ring (bicyclic) bond motifs is 3. The number of carbonyl (C=O) groups is 1. The summed E-state index contributed by atoms with van der Waals surface area (Å²) < 4.78 is 5.00. The summed E-state index contributed by atoms with van der Waals surface area (Å²) in [5, 5.41) is 8.57. The van der Waals surface area contributed by atoms with Crippen LogP contribution >= 0.6 is 0 Å². The zero-order chi connectivity index (χ0) is 30.4. The van der Waals surface area contributed by atoms with Gasteiger partial charge in [0.05, 0.1) is 28.2 Å². The van der Waals surface area contributed by atoms with Crippen LogP contribution in [-0.2, 0) is 7.05 Å². The number of carbonyl (C=O) groups excluding carboxylic acids is 1. The molecule has 0 aliphatic rings. The van der Waals surface area contributed by atoms with Crippen molar-refractivity contribution in [2.75, 3.05) is 5.73 Å². The Morgan fingerprint density at radius 1 is 0.955 bits per heavy atom. The van der Waals surface area contributed by atoms with Crippen molar-refractivity contribution >= 4 is 39.2 Å². The van der Waals surface area contributed by atoms with Gasteiger partial charge in [-0.15, -0.1) is 5.10 Å². The van der Waals surface area contributed by atoms with Gasteiger partial charge in [-0.2, -0.15) is 0 Å². The van der Waals surface area contributed by atoms with Crippen LogP contribution in [-0.4, -0.2) is 34.6 Å². The quantitative estimate of drug-likeness (QED) is 0.299. The summed E-state index contributed by atoms with van der Waals surface area (Å²) in [6.07, 6.45) is 5.21. The number of nitrogens with one attached hydrogen (secondary N) is 1. The van der Waals surface area contributed by atoms with Crippen molar-refractivity contribution in [3.05, 3.63) is 130 Å². The van der Waals surface area contributed by atoms with E-state index in [9.17, 15) is 9.59 Å². The Kier molecular flexibility index (Phi) is 6.40. The van der Waals surface area contributed by atoms with Gasteiger partial charge in [-0.25, -0.2) is 14.5 Å². The minimum Gasteiger partial charge on any atom is -0.381 e. The van der Waals surface area contributed by atoms with E-state index in [-0.39, 0.29) is 16.9 Å². The Hall–Kier alpha value is -6.21. The average Bonchev–Trinajstić information content (AvgIpc) is 3.55. The lowest BCUT2D eigenvalue weighted by atomic mass is 10.1. The molecular weight excluding hydrogens is 552 g/mol. The number of benzene rings is 3. The maximum Gasteiger partial charge on any atom is 0.267 e. The van der Waals surface area contributed by atoms with E-state index in [2.05, 4.69) is 27.2 Å². The Morgan fingerprint density at radius 2 is 1.73 bits per heavy atom. The van der Waals surface area contributed by atoms with Crippen LogP contribution in [0.3, 0.4) is 0 Å². The molecule has 4 heterocycles. The largest absolute Gasteiger partial charge is 0.381 e. The normalized spacial score (nSPS) is 11.9. The molecular formula is C34H26N8O2. The topological polar surface area (TPSA) is 125 Å². The van der Waals surface area contributed by atoms with Crippen LogP contribution in [0.25, 0.3) is 33.1 Å². The average molecular weight is 579 g/mol. The van der Waals surface area contributed by atoms with Gasteiger partial charge in [0.25, 0.3) is 11.5 Å². The molecule has 0 spiro atoms. The van der Waals surface area contributed by atoms with Gasteiger partial charge in [-0.05, 0) is 43.3 Å². The predicted octanol–water partition coefficient (Wildman–Crippen LogP) is 4.39. The van der Waals surface area contributed by atoms with Crippen molar-refractivity contribution < 1.29 is 4.79 Å². The first-order valence-corrected chi connectivity index (χ1v) is 14.0. The highest BCUT2D eigenvalue weighted by Gasteiger charge is 2.25. The summed E-state index contributed by atoms with van der Waals surface area (Å²) in [5.41, 5.74) is 9.86. The lowest BCUT2D eigenvalue weighted by Crippen LogP contribution is -2.33. The first-order valence-electron chi connectivity index (χ1n) is 14.0. The molecule has 0 fully saturated rings. The minimum atomic E-state index is -0.691. The van der Waals surface area contributed by atoms with Crippen LogP contribution in [0.4, 0.5) is 5.82 Å². The van der Waals surface area contributed by atoms with E-state index in [0.717, 1.165) is 16.5 Å². The second-order valence-corrected chi connectivity index (χ2v) is 10.4. The molecule has 3 N–H and O–H groups in total. The van der Waals surface area contributed by atoms with Crippen molar-refractivity contribution in [3.63, 3.8) is 0 Å². The van der Waals surface area contributed by atoms with Crippen molar-refractivity contribution in [2.45, 2.75) is 13.0 Å². The zero-order valence-electron chi connectivity index (χ0n) is 23.9. The molecule has 7 rings (SSSR count). The highest BCUT2D eigenvalue weighted by atomic mass is 16.2. The molecule has 0 aliphatic heterocycles. The van der Waals surface area contributed by atoms with Gasteiger partial charge in [-0.1, -0.05) is 54.3 Å². The molecule has 0 radical (unpaired) electrons. The van der Waals surface area contributed by atoms with E-state index in [4.69, 9.17) is 10.7 Å². The van der Waals surface area contributed by atoms with E-state index in [1.54, 1.807) is 31.5 Å². The summed E-state index contributed by atoms with van der Waals surface area (Å²) in [5.74, 6) is 6.43. The minimum absolute atomic E-state index is 0.0507. The summed E-state index contributed by atoms with van der Waals surface area (Å²) >= 11 is 0. The summed E-state index contributed by atoms with van der Waals surface area (Å²) in [6.45, 7) is 1.77. The van der Waals surface area contributed by atoms with Crippen LogP contribution in [0.5, 0.6) is 0 Å². The number of aryl methyl sites for hydroxylation is 1. The fourth-order valence-corrected chi connectivity index (χ4v) is 5.50. The number of hydrogen-bond acceptors (Lipinski definition) is 6. The van der Waals surface area contributed by atoms with Gasteiger partial charge in [0, 0.05) is 42.1 Å². The third-order valence-electron chi connectivity index (χ3n) is 7.55. The smallest absolute Gasteiger partial charge is 0.267 e. The number of anilines is 1. The van der Waals surface area contributed by atoms with Crippen molar-refractivity contribution in [2.24, 2.45) is 7.05 Å². The van der Waals surface area contributed by atoms with Gasteiger partial charge < -0.3 is 15.6 Å². The van der Waals surface area contributed by atoms with E-state index >= 15 is 0 Å². The van der Waals surface area contributed by atoms with Crippen LogP contribution in [0.2, 0.25) is 0 Å². The fourth-order valence-electron chi connectivity index (χ4n) is 5.50. The zero-order valence-corrected chi connectivity index (χ0v) is 23.9. The highest BCUT2D eigenvalue weighted by molar-refractivity contribution is 6.04. The number of para-hydroxylation sites is 2. The number of rotatable bonds is 4. The molecule has 4 aromatic heterocycles. The Bertz CT molecular complexity index is 2360. The van der Waals surface area contributed by atoms with Crippen LogP contribution in [0.1, 0.15) is 40.3 Å². The molecule has 44 heavy (non-hydrogen) atoms. The third-order valence-corrected chi connectivity index (χ3v) is 7.55. The second-order valence-electron chi connectivity index (χ2n) is 10.4. The van der Waals surface area contributed by atoms with Crippen molar-refractivity contribution in [3.8, 4) is 17.5 Å². The summed E-state index contributed by atoms with van der Waals surface area (Å²) in [6, 6.07) is 23.7. The van der Waals surface area contributed by atoms with Gasteiger partial charge >= 0.3 is 0 Å². The molecule has 0 unspecified atom stereocenters. The lowest BCUT2D eigenvalue weighted by molar-refractivity contribution is 0.0940. The summed E-state index contributed by atoms with van der Waals surface area (Å²) in [4.78, 5) is 37.0. The molecule has 214 valence electrons. The third kappa shape index (κ3) is 4.44. The molecule has 0 saturated heterocycles. The summed E-state index contributed by atoms with van der Waals surface area (Å²) in [7, 11) is 1.98. The maximum absolute atomic E-state index is 14.3. The van der Waals surface area contributed by atoms with Gasteiger partial charge in [0.2, 0.25) is 0 Å². The number of aromatic nitrogens is 6. The Labute approximate surface area is 251 Å². The van der Waals surface area contributed by atoms with E-state index in [1.807, 2.05) is 84.5 Å². The highest BCUT2D eigenvalue weighted by Crippen LogP contribution is 2.23. The lowest BCUT2D eigenvalue weighted by Gasteiger charge is -2.20. The standard InChI is InChI=1S/C34H26N8O2/c1-21(37-33(43)29-30(35)39-41-19-9-18-36-32(29)41)31-38-26-14-8-10-22(28(26)34(44)42(31)24-11-4-3-5-12-24)16-17-23-20-40(2)27-15-7-6-13-25(23)27/h3-15,18-21H,1-2H3,(H2,35,39)(H,37,43)/t21-/m1/s1. The molecule has 0 bridgehead atoms. The van der Waals surface area contributed by atoms with Crippen LogP contribution < -0.4 is 16.6 Å². The molecule has 0 saturated carbocycles. The predicted molar refractivity (Wildman–Crippen MR) is 170 cm³/mol. The number of nitrogens with two attached hydrogens (primary N) is 1. The second kappa shape index (κ2) is 10.6. The van der Waals surface area contributed by atoms with Gasteiger partial charge in [-0.3, -0.25) is 14.2 Å². The van der Waals surface area contributed by atoms with Crippen LogP contribution in [0, 0.1) is 11.8 Å². The number of hydrogen-bond donors (Lipinski definition) is 2. The molecule has 1 atom stereocenters. The van der Waals surface area contributed by atoms with Crippen LogP contribution in [0.15, 0.2) is 102 Å². The molecule has 0 aliphatic carbocycles. The van der Waals surface area contributed by atoms with E-state index in [1.165, 1.54) is 9.08 Å². The Morgan fingerprint density at radius 3 is 2.57 bits per heavy atom. The van der Waals surface area contributed by atoms with Gasteiger partial charge in [0.1, 0.15) is 11.4 Å². The van der Waals surface area contributed by atoms with Crippen molar-refractivity contribution in [1.82, 2.24) is 34.0 Å². The fraction of sp³-hybridized carbons (Fsp3) is 0.0882. The van der Waals surface area contributed by atoms with E-state index in [0.29, 0.717) is 33.6 Å². The Balaban J connectivity index is 1.35. The number of nitrogen functional groups attached to an aromatic ring is 1. The molecule has 10 nitrogen and oxygen atoms in total. The first kappa shape index (κ1) is 26.7. The molecule has 10 heteroatoms. The maximum atomic E-state index is 14.3. The molecule has 3 aromatic carbocycles. The van der Waals surface area contributed by atoms with Crippen molar-refractivity contribution in [1.29, 1.82) is 0 Å². The SMILES string of the molecule is C[C@@H](NC(=O)c1c(N)nn2cccnc12)c1nc2cccc(C#Cc3cn(C)c4ccccc34)c2c(=O)n1-c1ccccc1.